The van der Waals surface area contributed by atoms with Gasteiger partial charge in [-0.05, 0) is 24.8 Å². The van der Waals surface area contributed by atoms with Crippen LogP contribution in [-0.4, -0.2) is 88.1 Å². The third-order valence-electron chi connectivity index (χ3n) is 8.18. The number of fused-ring (bicyclic) bond motifs is 1. The van der Waals surface area contributed by atoms with Crippen molar-refractivity contribution in [3.05, 3.63) is 61.2 Å². The zero-order chi connectivity index (χ0) is 26.1. The minimum atomic E-state index is -1.11. The van der Waals surface area contributed by atoms with Gasteiger partial charge in [-0.3, -0.25) is 14.4 Å². The Labute approximate surface area is 213 Å². The molecule has 2 bridgehead atoms. The Hall–Kier alpha value is -2.97. The van der Waals surface area contributed by atoms with Crippen LogP contribution >= 0.6 is 0 Å². The predicted octanol–water partition coefficient (Wildman–Crippen LogP) is 1.99. The quantitative estimate of drug-likeness (QED) is 0.474. The van der Waals surface area contributed by atoms with Gasteiger partial charge in [0, 0.05) is 33.2 Å². The van der Waals surface area contributed by atoms with Crippen molar-refractivity contribution in [1.82, 2.24) is 14.7 Å². The van der Waals surface area contributed by atoms with E-state index < -0.39 is 29.1 Å². The Morgan fingerprint density at radius 3 is 2.47 bits per heavy atom. The smallest absolute Gasteiger partial charge is 0.248 e. The lowest BCUT2D eigenvalue weighted by Crippen LogP contribution is -2.56. The van der Waals surface area contributed by atoms with E-state index in [1.54, 1.807) is 29.0 Å². The first-order valence-corrected chi connectivity index (χ1v) is 12.7. The van der Waals surface area contributed by atoms with Gasteiger partial charge in [0.25, 0.3) is 0 Å². The summed E-state index contributed by atoms with van der Waals surface area (Å²) in [5, 5.41) is 9.82. The third kappa shape index (κ3) is 3.96. The van der Waals surface area contributed by atoms with Crippen LogP contribution in [0.2, 0.25) is 0 Å². The predicted molar refractivity (Wildman–Crippen MR) is 136 cm³/mol. The van der Waals surface area contributed by atoms with Crippen molar-refractivity contribution < 1.29 is 24.2 Å². The summed E-state index contributed by atoms with van der Waals surface area (Å²) < 4.78 is 6.75. The highest BCUT2D eigenvalue weighted by Gasteiger charge is 2.78. The van der Waals surface area contributed by atoms with E-state index in [0.717, 1.165) is 5.56 Å². The van der Waals surface area contributed by atoms with E-state index in [-0.39, 0.29) is 30.9 Å². The molecule has 1 spiro atoms. The largest absolute Gasteiger partial charge is 0.395 e. The molecule has 3 fully saturated rings. The molecule has 0 saturated carbocycles. The fourth-order valence-corrected chi connectivity index (χ4v) is 6.61. The van der Waals surface area contributed by atoms with Crippen molar-refractivity contribution in [3.63, 3.8) is 0 Å². The van der Waals surface area contributed by atoms with E-state index >= 15 is 0 Å². The minimum absolute atomic E-state index is 0.00660. The molecule has 0 aliphatic carbocycles. The van der Waals surface area contributed by atoms with Crippen LogP contribution in [0.15, 0.2) is 55.6 Å². The van der Waals surface area contributed by atoms with Crippen molar-refractivity contribution in [2.75, 3.05) is 33.3 Å². The Bertz CT molecular complexity index is 1030. The molecule has 5 atom stereocenters. The lowest BCUT2D eigenvalue weighted by molar-refractivity contribution is -0.155. The molecule has 36 heavy (non-hydrogen) atoms. The van der Waals surface area contributed by atoms with Gasteiger partial charge < -0.3 is 24.5 Å². The monoisotopic (exact) mass is 495 g/mol. The van der Waals surface area contributed by atoms with E-state index in [2.05, 4.69) is 13.2 Å². The van der Waals surface area contributed by atoms with Gasteiger partial charge in [-0.25, -0.2) is 0 Å². The first-order chi connectivity index (χ1) is 17.3. The summed E-state index contributed by atoms with van der Waals surface area (Å²) in [6.45, 7) is 10.3. The second-order valence-corrected chi connectivity index (χ2v) is 10.1. The summed E-state index contributed by atoms with van der Waals surface area (Å²) in [7, 11) is 1.70. The molecule has 3 saturated heterocycles. The second-order valence-electron chi connectivity index (χ2n) is 10.1. The average molecular weight is 496 g/mol. The highest BCUT2D eigenvalue weighted by Crippen LogP contribution is 2.64. The zero-order valence-electron chi connectivity index (χ0n) is 21.3. The van der Waals surface area contributed by atoms with Crippen LogP contribution in [0, 0.1) is 11.8 Å². The van der Waals surface area contributed by atoms with Gasteiger partial charge in [0.05, 0.1) is 24.0 Å². The number of aliphatic hydroxyl groups is 1. The van der Waals surface area contributed by atoms with Gasteiger partial charge in [0.15, 0.2) is 0 Å². The molecule has 1 N–H and O–H groups in total. The molecule has 1 aromatic carbocycles. The molecule has 0 radical (unpaired) electrons. The van der Waals surface area contributed by atoms with Crippen LogP contribution in [0.5, 0.6) is 0 Å². The first-order valence-electron chi connectivity index (χ1n) is 12.7. The lowest BCUT2D eigenvalue weighted by atomic mass is 9.64. The van der Waals surface area contributed by atoms with Crippen molar-refractivity contribution >= 4 is 17.7 Å². The number of rotatable bonds is 11. The average Bonchev–Trinajstić information content (AvgIpc) is 3.48. The number of likely N-dealkylation sites (tertiary alicyclic amines) is 1. The van der Waals surface area contributed by atoms with E-state index in [0.29, 0.717) is 38.9 Å². The number of benzene rings is 1. The number of carbonyl (C=O) groups excluding carboxylic acids is 3. The van der Waals surface area contributed by atoms with E-state index in [9.17, 15) is 19.5 Å². The van der Waals surface area contributed by atoms with Crippen LogP contribution in [-0.2, 0) is 25.7 Å². The van der Waals surface area contributed by atoms with Crippen molar-refractivity contribution in [1.29, 1.82) is 0 Å². The molecule has 3 aliphatic rings. The Kier molecular flexibility index (Phi) is 7.38. The molecule has 194 valence electrons. The summed E-state index contributed by atoms with van der Waals surface area (Å²) in [5.74, 6) is -2.16. The van der Waals surface area contributed by atoms with Gasteiger partial charge in [0.2, 0.25) is 17.7 Å². The first kappa shape index (κ1) is 26.1. The molecule has 4 rings (SSSR count). The Balaban J connectivity index is 1.76. The molecule has 3 aliphatic heterocycles. The fraction of sp³-hybridized carbons (Fsp3) is 0.536. The SMILES string of the molecule is C=CCN(C)C(=O)[C@@H]1[C@H]2C(=O)N(CCO)C(C(=O)N(CC=C)Cc3ccccc3)C23CC[C@@]1(CC)O3. The lowest BCUT2D eigenvalue weighted by Gasteiger charge is -2.36. The summed E-state index contributed by atoms with van der Waals surface area (Å²) in [6.07, 6.45) is 5.00. The normalized spacial score (nSPS) is 30.2. The van der Waals surface area contributed by atoms with Gasteiger partial charge in [-0.2, -0.15) is 0 Å². The maximum absolute atomic E-state index is 14.2. The highest BCUT2D eigenvalue weighted by molar-refractivity contribution is 5.99. The van der Waals surface area contributed by atoms with Crippen LogP contribution in [0.3, 0.4) is 0 Å². The van der Waals surface area contributed by atoms with Crippen molar-refractivity contribution in [2.45, 2.75) is 50.0 Å². The Morgan fingerprint density at radius 1 is 1.17 bits per heavy atom. The number of amides is 3. The zero-order valence-corrected chi connectivity index (χ0v) is 21.3. The van der Waals surface area contributed by atoms with Gasteiger partial charge in [0.1, 0.15) is 11.6 Å². The number of carbonyl (C=O) groups is 3. The van der Waals surface area contributed by atoms with Crippen LogP contribution < -0.4 is 0 Å². The molecular weight excluding hydrogens is 458 g/mol. The minimum Gasteiger partial charge on any atom is -0.395 e. The number of likely N-dealkylation sites (N-methyl/N-ethyl adjacent to an activating group) is 1. The molecule has 2 unspecified atom stereocenters. The third-order valence-corrected chi connectivity index (χ3v) is 8.18. The van der Waals surface area contributed by atoms with Gasteiger partial charge in [-0.15, -0.1) is 13.2 Å². The topological polar surface area (TPSA) is 90.4 Å². The molecular formula is C28H37N3O5. The van der Waals surface area contributed by atoms with Crippen LogP contribution in [0.4, 0.5) is 0 Å². The standard InChI is InChI=1S/C28H37N3O5/c1-5-15-29(4)24(33)21-22-25(34)31(17-18-32)23(28(22)14-13-27(21,7-3)36-28)26(35)30(16-6-2)19-20-11-9-8-10-12-20/h5-6,8-12,21-23,32H,1-2,7,13-19H2,3-4H3/t21-,22-,23?,27+,28?/m0/s1. The number of hydrogen-bond donors (Lipinski definition) is 1. The molecule has 0 aromatic heterocycles. The van der Waals surface area contributed by atoms with E-state index in [1.165, 1.54) is 4.90 Å². The summed E-state index contributed by atoms with van der Waals surface area (Å²) in [6, 6.07) is 8.73. The number of hydrogen-bond acceptors (Lipinski definition) is 5. The second kappa shape index (κ2) is 10.2. The van der Waals surface area contributed by atoms with Gasteiger partial charge in [-0.1, -0.05) is 49.4 Å². The number of ether oxygens (including phenoxy) is 1. The Morgan fingerprint density at radius 2 is 1.86 bits per heavy atom. The molecule has 8 nitrogen and oxygen atoms in total. The summed E-state index contributed by atoms with van der Waals surface area (Å²) >= 11 is 0. The van der Waals surface area contributed by atoms with Gasteiger partial charge >= 0.3 is 0 Å². The van der Waals surface area contributed by atoms with E-state index in [4.69, 9.17) is 4.74 Å². The summed E-state index contributed by atoms with van der Waals surface area (Å²) in [4.78, 5) is 46.5. The maximum Gasteiger partial charge on any atom is 0.248 e. The molecule has 3 heterocycles. The number of aliphatic hydroxyl groups excluding tert-OH is 1. The van der Waals surface area contributed by atoms with Crippen molar-refractivity contribution in [2.24, 2.45) is 11.8 Å². The number of β-amino-alcohol motifs (C(OH)–C–C–N with tert-alkyl or cyclic N) is 1. The molecule has 1 aromatic rings. The number of nitrogens with zero attached hydrogens (tertiary/aromatic N) is 3. The fourth-order valence-electron chi connectivity index (χ4n) is 6.61. The maximum atomic E-state index is 14.2. The van der Waals surface area contributed by atoms with Crippen LogP contribution in [0.1, 0.15) is 31.7 Å². The summed E-state index contributed by atoms with van der Waals surface area (Å²) in [5.41, 5.74) is -0.940. The van der Waals surface area contributed by atoms with Crippen molar-refractivity contribution in [3.8, 4) is 0 Å². The van der Waals surface area contributed by atoms with E-state index in [1.807, 2.05) is 37.3 Å². The highest BCUT2D eigenvalue weighted by atomic mass is 16.5. The van der Waals surface area contributed by atoms with Crippen LogP contribution in [0.25, 0.3) is 0 Å². The molecule has 8 heteroatoms. The molecule has 3 amide bonds.